The maximum absolute atomic E-state index is 14.0. The van der Waals surface area contributed by atoms with E-state index in [1.54, 1.807) is 6.07 Å². The molecule has 2 nitrogen and oxygen atoms in total. The van der Waals surface area contributed by atoms with E-state index in [1.807, 2.05) is 6.07 Å². The molecule has 0 aliphatic carbocycles. The first kappa shape index (κ1) is 13.8. The highest BCUT2D eigenvalue weighted by Crippen LogP contribution is 2.31. The van der Waals surface area contributed by atoms with Crippen molar-refractivity contribution in [2.75, 3.05) is 24.5 Å². The highest BCUT2D eigenvalue weighted by Gasteiger charge is 2.29. The summed E-state index contributed by atoms with van der Waals surface area (Å²) >= 11 is 3.47. The van der Waals surface area contributed by atoms with Gasteiger partial charge in [-0.05, 0) is 54.4 Å². The van der Waals surface area contributed by atoms with E-state index < -0.39 is 0 Å². The van der Waals surface area contributed by atoms with Crippen molar-refractivity contribution in [2.45, 2.75) is 32.2 Å². The van der Waals surface area contributed by atoms with Crippen molar-refractivity contribution in [2.24, 2.45) is 0 Å². The topological polar surface area (TPSA) is 15.3 Å². The molecule has 2 rings (SSSR count). The average Bonchev–Trinajstić information content (AvgIpc) is 2.52. The Morgan fingerprint density at radius 1 is 1.50 bits per heavy atom. The first-order valence-corrected chi connectivity index (χ1v) is 7.29. The number of hydrogen-bond acceptors (Lipinski definition) is 2. The fraction of sp³-hybridized carbons (Fsp3) is 0.571. The molecule has 1 aliphatic rings. The fourth-order valence-electron chi connectivity index (χ4n) is 2.44. The summed E-state index contributed by atoms with van der Waals surface area (Å²) < 4.78 is 14.9. The van der Waals surface area contributed by atoms with E-state index in [0.717, 1.165) is 36.9 Å². The van der Waals surface area contributed by atoms with Crippen LogP contribution < -0.4 is 10.2 Å². The van der Waals surface area contributed by atoms with Gasteiger partial charge in [-0.2, -0.15) is 0 Å². The number of halogens is 2. The van der Waals surface area contributed by atoms with Crippen molar-refractivity contribution >= 4 is 21.6 Å². The van der Waals surface area contributed by atoms with Gasteiger partial charge >= 0.3 is 0 Å². The molecule has 1 saturated heterocycles. The van der Waals surface area contributed by atoms with Gasteiger partial charge < -0.3 is 10.2 Å². The number of hydrogen-bond donors (Lipinski definition) is 1. The van der Waals surface area contributed by atoms with Crippen LogP contribution in [0.15, 0.2) is 22.7 Å². The summed E-state index contributed by atoms with van der Waals surface area (Å²) in [7, 11) is 0. The number of para-hydroxylation sites is 1. The average molecular weight is 315 g/mol. The van der Waals surface area contributed by atoms with Crippen LogP contribution in [0, 0.1) is 5.82 Å². The van der Waals surface area contributed by atoms with Crippen molar-refractivity contribution in [3.8, 4) is 0 Å². The molecule has 1 atom stereocenters. The highest BCUT2D eigenvalue weighted by atomic mass is 79.9. The van der Waals surface area contributed by atoms with E-state index >= 15 is 0 Å². The van der Waals surface area contributed by atoms with Gasteiger partial charge in [0.25, 0.3) is 0 Å². The van der Waals surface area contributed by atoms with Gasteiger partial charge in [0.15, 0.2) is 0 Å². The van der Waals surface area contributed by atoms with E-state index in [1.165, 1.54) is 6.07 Å². The van der Waals surface area contributed by atoms with Crippen LogP contribution in [0.2, 0.25) is 0 Å². The van der Waals surface area contributed by atoms with Gasteiger partial charge in [0.2, 0.25) is 0 Å². The van der Waals surface area contributed by atoms with Gasteiger partial charge in [-0.3, -0.25) is 0 Å². The molecular formula is C14H20BrFN2. The molecule has 1 unspecified atom stereocenters. The fourth-order valence-corrected chi connectivity index (χ4v) is 3.03. The van der Waals surface area contributed by atoms with E-state index in [9.17, 15) is 4.39 Å². The zero-order valence-corrected chi connectivity index (χ0v) is 12.6. The summed E-state index contributed by atoms with van der Waals surface area (Å²) in [6.45, 7) is 7.10. The Kier molecular flexibility index (Phi) is 4.28. The van der Waals surface area contributed by atoms with Crippen LogP contribution in [0.5, 0.6) is 0 Å². The van der Waals surface area contributed by atoms with Gasteiger partial charge in [0.05, 0.1) is 5.69 Å². The second-order valence-corrected chi connectivity index (χ2v) is 6.04. The Morgan fingerprint density at radius 3 is 2.94 bits per heavy atom. The Balaban J connectivity index is 2.31. The van der Waals surface area contributed by atoms with Crippen molar-refractivity contribution in [3.05, 3.63) is 28.5 Å². The molecule has 18 heavy (non-hydrogen) atoms. The van der Waals surface area contributed by atoms with E-state index in [-0.39, 0.29) is 11.4 Å². The van der Waals surface area contributed by atoms with Crippen LogP contribution in [0.4, 0.5) is 10.1 Å². The number of rotatable bonds is 2. The minimum Gasteiger partial charge on any atom is -0.366 e. The Hall–Kier alpha value is -0.610. The van der Waals surface area contributed by atoms with Crippen molar-refractivity contribution < 1.29 is 4.39 Å². The predicted octanol–water partition coefficient (Wildman–Crippen LogP) is 3.56. The van der Waals surface area contributed by atoms with Gasteiger partial charge in [-0.1, -0.05) is 13.0 Å². The summed E-state index contributed by atoms with van der Waals surface area (Å²) in [4.78, 5) is 2.16. The molecule has 1 aliphatic heterocycles. The third-order valence-electron chi connectivity index (χ3n) is 3.73. The Morgan fingerprint density at radius 2 is 2.28 bits per heavy atom. The lowest BCUT2D eigenvalue weighted by atomic mass is 9.98. The molecule has 100 valence electrons. The molecule has 1 N–H and O–H groups in total. The van der Waals surface area contributed by atoms with Gasteiger partial charge in [0.1, 0.15) is 5.82 Å². The van der Waals surface area contributed by atoms with Crippen LogP contribution in [0.3, 0.4) is 0 Å². The second-order valence-electron chi connectivity index (χ2n) is 5.19. The molecule has 0 saturated carbocycles. The molecule has 1 fully saturated rings. The largest absolute Gasteiger partial charge is 0.366 e. The van der Waals surface area contributed by atoms with Crippen molar-refractivity contribution in [3.63, 3.8) is 0 Å². The lowest BCUT2D eigenvalue weighted by Gasteiger charge is -2.34. The maximum atomic E-state index is 14.0. The molecular weight excluding hydrogens is 295 g/mol. The predicted molar refractivity (Wildman–Crippen MR) is 77.6 cm³/mol. The quantitative estimate of drug-likeness (QED) is 0.898. The molecule has 1 aromatic carbocycles. The summed E-state index contributed by atoms with van der Waals surface area (Å²) in [6, 6.07) is 5.17. The molecule has 1 heterocycles. The smallest absolute Gasteiger partial charge is 0.147 e. The normalized spacial score (nSPS) is 25.0. The lowest BCUT2D eigenvalue weighted by molar-refractivity contribution is 0.365. The Labute approximate surface area is 117 Å². The molecule has 0 amide bonds. The minimum absolute atomic E-state index is 0.0538. The van der Waals surface area contributed by atoms with Gasteiger partial charge in [0, 0.05) is 23.1 Å². The number of anilines is 1. The maximum Gasteiger partial charge on any atom is 0.147 e. The summed E-state index contributed by atoms with van der Waals surface area (Å²) in [6.07, 6.45) is 2.08. The summed E-state index contributed by atoms with van der Waals surface area (Å²) in [5, 5.41) is 3.57. The molecule has 0 radical (unpaired) electrons. The van der Waals surface area contributed by atoms with Crippen LogP contribution in [0.1, 0.15) is 26.7 Å². The third kappa shape index (κ3) is 2.86. The minimum atomic E-state index is -0.148. The van der Waals surface area contributed by atoms with E-state index in [0.29, 0.717) is 5.69 Å². The number of benzene rings is 1. The molecule has 0 spiro atoms. The van der Waals surface area contributed by atoms with Crippen LogP contribution in [0.25, 0.3) is 0 Å². The zero-order chi connectivity index (χ0) is 13.2. The SMILES string of the molecule is CCC1(C)CN(c2c(F)cccc2Br)CCCN1. The number of nitrogens with zero attached hydrogens (tertiary/aromatic N) is 1. The molecule has 0 aromatic heterocycles. The zero-order valence-electron chi connectivity index (χ0n) is 11.0. The number of nitrogens with one attached hydrogen (secondary N) is 1. The monoisotopic (exact) mass is 314 g/mol. The van der Waals surface area contributed by atoms with Crippen molar-refractivity contribution in [1.29, 1.82) is 0 Å². The highest BCUT2D eigenvalue weighted by molar-refractivity contribution is 9.10. The van der Waals surface area contributed by atoms with Crippen LogP contribution >= 0.6 is 15.9 Å². The standard InChI is InChI=1S/C14H20BrFN2/c1-3-14(2)10-18(9-5-8-17-14)13-11(15)6-4-7-12(13)16/h4,6-7,17H,3,5,8-10H2,1-2H3. The molecule has 4 heteroatoms. The van der Waals surface area contributed by atoms with Crippen molar-refractivity contribution in [1.82, 2.24) is 5.32 Å². The van der Waals surface area contributed by atoms with Gasteiger partial charge in [-0.15, -0.1) is 0 Å². The summed E-state index contributed by atoms with van der Waals surface area (Å²) in [5.41, 5.74) is 0.749. The van der Waals surface area contributed by atoms with Crippen LogP contribution in [-0.4, -0.2) is 25.2 Å². The van der Waals surface area contributed by atoms with E-state index in [4.69, 9.17) is 0 Å². The second kappa shape index (κ2) is 5.57. The molecule has 1 aromatic rings. The van der Waals surface area contributed by atoms with E-state index in [2.05, 4.69) is 40.0 Å². The summed E-state index contributed by atoms with van der Waals surface area (Å²) in [5.74, 6) is -0.148. The first-order chi connectivity index (χ1) is 8.56. The Bertz CT molecular complexity index is 404. The lowest BCUT2D eigenvalue weighted by Crippen LogP contribution is -2.48. The van der Waals surface area contributed by atoms with Gasteiger partial charge in [-0.25, -0.2) is 4.39 Å². The molecule has 0 bridgehead atoms. The first-order valence-electron chi connectivity index (χ1n) is 6.50. The van der Waals surface area contributed by atoms with Crippen LogP contribution in [-0.2, 0) is 0 Å². The third-order valence-corrected chi connectivity index (χ3v) is 4.37.